The zero-order valence-electron chi connectivity index (χ0n) is 72.5. The molecule has 535 valence electrons. The number of carbonyl (C=O) groups is 1. The van der Waals surface area contributed by atoms with E-state index in [0.717, 1.165) is 59.5 Å². The quantitative estimate of drug-likeness (QED) is 0.145. The summed E-state index contributed by atoms with van der Waals surface area (Å²) in [6, 6.07) is 10.2. The van der Waals surface area contributed by atoms with Gasteiger partial charge in [-0.3, -0.25) is 0 Å². The van der Waals surface area contributed by atoms with Gasteiger partial charge in [0.2, 0.25) is 0 Å². The van der Waals surface area contributed by atoms with Gasteiger partial charge < -0.3 is 44.4 Å². The van der Waals surface area contributed by atoms with Crippen LogP contribution in [0.3, 0.4) is 0 Å². The third kappa shape index (κ3) is 30.5. The van der Waals surface area contributed by atoms with Crippen LogP contribution in [-0.2, 0) is 109 Å². The molecule has 3 heterocycles. The SMILES string of the molecule is CB1C(C(C)=O)B(C)C(C)C(C)C(C)C(C)C1C.CB1C(C(C)=[N-])B(C)C(C)C(C)C(C)C(C)C1C.CB1C(C)C(C)C(C)C(C)C(C)B(C)C1C(C)[NH-].CCc1[c-]c(C)c(C)c(C)c1C.Cc1[c-]c(C)c(C)c(C)c1C.Cc1[c-]c(C)c(C)c(C)c1C.[B].[B].[B].[CH3-].[CH3-].[CH3-].[NH2-].[Y+3].[Y+3].[Y+3]. The molecule has 3 saturated heterocycles. The van der Waals surface area contributed by atoms with Crippen molar-refractivity contribution >= 4 is 77.0 Å². The Morgan fingerprint density at radius 3 is 0.765 bits per heavy atom. The molecule has 3 aliphatic rings. The minimum Gasteiger partial charge on any atom is -0.812 e. The van der Waals surface area contributed by atoms with Crippen LogP contribution in [0.25, 0.3) is 17.3 Å². The van der Waals surface area contributed by atoms with Crippen LogP contribution in [0.1, 0.15) is 215 Å². The number of nitrogens with one attached hydrogen (secondary N) is 1. The van der Waals surface area contributed by atoms with Crippen molar-refractivity contribution in [1.29, 1.82) is 0 Å². The molecule has 3 aromatic carbocycles. The van der Waals surface area contributed by atoms with Crippen LogP contribution in [0, 0.1) is 191 Å². The van der Waals surface area contributed by atoms with Crippen molar-refractivity contribution in [3.63, 3.8) is 0 Å². The number of carbonyl (C=O) groups excluding carboxylic acids is 1. The van der Waals surface area contributed by atoms with E-state index in [1.807, 2.05) is 6.92 Å². The van der Waals surface area contributed by atoms with Crippen LogP contribution in [0.2, 0.25) is 93.0 Å². The van der Waals surface area contributed by atoms with Gasteiger partial charge in [-0.05, 0) is 65.9 Å². The topological polar surface area (TPSA) is 96.7 Å². The number of nitrogens with zero attached hydrogens (tertiary/aromatic N) is 1. The summed E-state index contributed by atoms with van der Waals surface area (Å²) in [6.45, 7) is 91.6. The Balaban J connectivity index is -0.000000117. The van der Waals surface area contributed by atoms with Crippen molar-refractivity contribution in [2.45, 2.75) is 334 Å². The maximum atomic E-state index is 12.1. The number of hydrogen-bond acceptors (Lipinski definition) is 1. The first-order chi connectivity index (χ1) is 40.2. The summed E-state index contributed by atoms with van der Waals surface area (Å²) >= 11 is 0. The van der Waals surface area contributed by atoms with E-state index in [1.165, 1.54) is 83.5 Å². The number of ketones is 1. The molecule has 16 heteroatoms. The van der Waals surface area contributed by atoms with Crippen LogP contribution in [0.5, 0.6) is 0 Å². The summed E-state index contributed by atoms with van der Waals surface area (Å²) in [6.07, 6.45) is 1.09. The summed E-state index contributed by atoms with van der Waals surface area (Å²) in [5.41, 5.74) is 30.5. The summed E-state index contributed by atoms with van der Waals surface area (Å²) < 4.78 is 0. The van der Waals surface area contributed by atoms with Crippen molar-refractivity contribution in [3.8, 4) is 0 Å². The van der Waals surface area contributed by atoms with Crippen molar-refractivity contribution < 1.29 is 103 Å². The Kier molecular flexibility index (Phi) is 65.5. The number of hydrogen-bond donors (Lipinski definition) is 0. The number of nitrogens with two attached hydrogens (primary N) is 1. The minimum absolute atomic E-state index is 0. The third-order valence-electron chi connectivity index (χ3n) is 28.0. The molecule has 9 radical (unpaired) electrons. The second-order valence-electron chi connectivity index (χ2n) is 31.7. The van der Waals surface area contributed by atoms with E-state index >= 15 is 0 Å². The van der Waals surface area contributed by atoms with Crippen LogP contribution in [-0.4, -0.2) is 83.1 Å². The Bertz CT molecular complexity index is 2480. The van der Waals surface area contributed by atoms with Crippen LogP contribution < -0.4 is 0 Å². The molecular weight excluding hydrogens is 1410 g/mol. The van der Waals surface area contributed by atoms with Gasteiger partial charge in [-0.2, -0.15) is 108 Å². The fraction of sp³-hybridized carbons (Fsp3) is 0.720. The van der Waals surface area contributed by atoms with E-state index < -0.39 is 0 Å². The second-order valence-corrected chi connectivity index (χ2v) is 31.7. The molecule has 98 heavy (non-hydrogen) atoms. The first-order valence-corrected chi connectivity index (χ1v) is 35.9. The van der Waals surface area contributed by atoms with Crippen LogP contribution in [0.15, 0.2) is 0 Å². The predicted molar refractivity (Wildman–Crippen MR) is 452 cm³/mol. The Morgan fingerprint density at radius 1 is 0.378 bits per heavy atom. The molecule has 3 N–H and O–H groups in total. The molecule has 0 spiro atoms. The van der Waals surface area contributed by atoms with E-state index in [2.05, 4.69) is 274 Å². The molecule has 6 rings (SSSR count). The smallest absolute Gasteiger partial charge is 0.812 e. The van der Waals surface area contributed by atoms with Crippen LogP contribution in [0.4, 0.5) is 0 Å². The number of benzene rings is 3. The monoisotopic (exact) mass is 1560 g/mol. The standard InChI is InChI=1S/C15H32B2N.C15H30B2N.C15H30B2O.C12H17.2C11H15.3CH3.3B.H2N.3Y/c3*1-9-10(2)12(4)16(7)15(14(6)18)17(8)13(5)11(9)3;1-6-12-7-8(2)9(3)10(4)11(12)5;2*1-7-6-8(2)10(4)11(5)9(7)3;;;;;;;;;;/h9-15,18H,1-8H3;2*9-13,15H,1-8H3;6H2,1-5H3;2*1-5H3;3*1H3;;;;1H2;;;/q2*-1;;6*-1;;;;-1;3*+3. The molecular formula is C82H150B9N3OY3. The zero-order chi connectivity index (χ0) is 69.1. The van der Waals surface area contributed by atoms with Crippen molar-refractivity contribution in [2.24, 2.45) is 53.3 Å². The van der Waals surface area contributed by atoms with E-state index in [9.17, 15) is 10.2 Å². The molecule has 0 aliphatic carbocycles. The third-order valence-corrected chi connectivity index (χ3v) is 28.0. The van der Waals surface area contributed by atoms with Gasteiger partial charge in [-0.15, -0.1) is 0 Å². The molecule has 0 aromatic heterocycles. The normalized spacial score (nSPS) is 27.3. The molecule has 3 fully saturated rings. The maximum absolute atomic E-state index is 12.1. The molecule has 13 unspecified atom stereocenters. The van der Waals surface area contributed by atoms with Crippen molar-refractivity contribution in [2.75, 3.05) is 0 Å². The minimum atomic E-state index is 0. The molecule has 3 aliphatic heterocycles. The molecule has 4 nitrogen and oxygen atoms in total. The van der Waals surface area contributed by atoms with Gasteiger partial charge in [0, 0.05) is 25.2 Å². The van der Waals surface area contributed by atoms with E-state index in [0.29, 0.717) is 98.3 Å². The fourth-order valence-electron chi connectivity index (χ4n) is 17.2. The number of rotatable bonds is 4. The molecule has 13 atom stereocenters. The largest absolute Gasteiger partial charge is 3.00 e. The number of aryl methyl sites for hydroxylation is 6. The van der Waals surface area contributed by atoms with Gasteiger partial charge in [0.05, 0.1) is 0 Å². The van der Waals surface area contributed by atoms with E-state index in [4.69, 9.17) is 5.73 Å². The second kappa shape index (κ2) is 53.6. The summed E-state index contributed by atoms with van der Waals surface area (Å²) in [5.74, 6) is 11.2. The summed E-state index contributed by atoms with van der Waals surface area (Å²) in [5, 5.41) is 10.1. The van der Waals surface area contributed by atoms with Crippen molar-refractivity contribution in [3.05, 3.63) is 141 Å². The summed E-state index contributed by atoms with van der Waals surface area (Å²) in [7, 11) is 0. The summed E-state index contributed by atoms with van der Waals surface area (Å²) in [4.78, 5) is 12.1. The van der Waals surface area contributed by atoms with Gasteiger partial charge >= 0.3 is 98.1 Å². The van der Waals surface area contributed by atoms with Gasteiger partial charge in [0.15, 0.2) is 0 Å². The Morgan fingerprint density at radius 2 is 0.571 bits per heavy atom. The fourth-order valence-corrected chi connectivity index (χ4v) is 17.2. The van der Waals surface area contributed by atoms with Gasteiger partial charge in [0.25, 0.3) is 0 Å². The first-order valence-electron chi connectivity index (χ1n) is 35.9. The van der Waals surface area contributed by atoms with Crippen molar-refractivity contribution in [1.82, 2.24) is 0 Å². The Labute approximate surface area is 700 Å². The molecule has 3 aromatic rings. The van der Waals surface area contributed by atoms with Gasteiger partial charge in [0.1, 0.15) is 46.1 Å². The Hall–Kier alpha value is 0.816. The first kappa shape index (κ1) is 120. The predicted octanol–water partition coefficient (Wildman–Crippen LogP) is 24.9. The van der Waals surface area contributed by atoms with Gasteiger partial charge in [-0.1, -0.05) is 315 Å². The maximum Gasteiger partial charge on any atom is 3.00 e. The zero-order valence-corrected chi connectivity index (χ0v) is 81.1. The molecule has 0 saturated carbocycles. The van der Waals surface area contributed by atoms with Gasteiger partial charge in [-0.25, -0.2) is 5.71 Å². The van der Waals surface area contributed by atoms with E-state index in [1.54, 1.807) is 6.92 Å². The van der Waals surface area contributed by atoms with E-state index in [-0.39, 0.29) is 164 Å². The average Bonchev–Trinajstić information content (AvgIpc) is 0.819. The number of Topliss-reactive ketones (excluding diaryl/α,β-unsaturated/α-hetero) is 1. The average molecular weight is 1560 g/mol. The molecule has 0 bridgehead atoms. The molecule has 0 amide bonds. The van der Waals surface area contributed by atoms with Crippen LogP contribution >= 0.6 is 0 Å².